The van der Waals surface area contributed by atoms with Crippen LogP contribution in [0, 0.1) is 0 Å². The molecule has 0 aromatic heterocycles. The number of hydrogen-bond donors (Lipinski definition) is 2. The predicted octanol–water partition coefficient (Wildman–Crippen LogP) is 2.53. The molecule has 2 N–H and O–H groups in total. The lowest BCUT2D eigenvalue weighted by Crippen LogP contribution is -2.29. The third kappa shape index (κ3) is 6.79. The minimum absolute atomic E-state index is 0.456. The molecular weight excluding hydrogens is 263 g/mol. The molecule has 0 saturated carbocycles. The summed E-state index contributed by atoms with van der Waals surface area (Å²) in [5, 5.41) is 17.9. The summed E-state index contributed by atoms with van der Waals surface area (Å²) >= 11 is 0. The zero-order chi connectivity index (χ0) is 15.5. The van der Waals surface area contributed by atoms with Gasteiger partial charge in [-0.15, -0.1) is 0 Å². The second-order valence-corrected chi connectivity index (χ2v) is 4.38. The fraction of sp³-hybridized carbons (Fsp3) is 0.176. The third-order valence-electron chi connectivity index (χ3n) is 2.76. The van der Waals surface area contributed by atoms with Crippen molar-refractivity contribution in [1.82, 2.24) is 0 Å². The van der Waals surface area contributed by atoms with Crippen LogP contribution in [-0.4, -0.2) is 17.2 Å². The highest BCUT2D eigenvalue weighted by atomic mass is 16.5. The Balaban J connectivity index is 0.000000491. The summed E-state index contributed by atoms with van der Waals surface area (Å²) in [4.78, 5) is 0. The number of hydrogen-bond acceptors (Lipinski definition) is 3. The van der Waals surface area contributed by atoms with Crippen LogP contribution < -0.4 is 10.2 Å². The number of rotatable bonds is 4. The molecular formula is C17H21BO3. The van der Waals surface area contributed by atoms with Crippen molar-refractivity contribution in [1.29, 1.82) is 0 Å². The van der Waals surface area contributed by atoms with Crippen molar-refractivity contribution in [2.24, 2.45) is 0 Å². The highest BCUT2D eigenvalue weighted by Crippen LogP contribution is 2.10. The van der Waals surface area contributed by atoms with Crippen molar-refractivity contribution in [3.8, 4) is 5.75 Å². The van der Waals surface area contributed by atoms with Crippen LogP contribution in [0.1, 0.15) is 19.4 Å². The summed E-state index contributed by atoms with van der Waals surface area (Å²) in [6, 6.07) is 16.6. The van der Waals surface area contributed by atoms with Gasteiger partial charge in [0.2, 0.25) is 0 Å². The molecule has 0 fully saturated rings. The molecule has 21 heavy (non-hydrogen) atoms. The molecule has 110 valence electrons. The Bertz CT molecular complexity index is 517. The maximum absolute atomic E-state index is 8.94. The van der Waals surface area contributed by atoms with Crippen molar-refractivity contribution < 1.29 is 14.8 Å². The van der Waals surface area contributed by atoms with Gasteiger partial charge in [0.15, 0.2) is 0 Å². The molecule has 0 heterocycles. The summed E-state index contributed by atoms with van der Waals surface area (Å²) in [6.45, 7) is 4.50. The van der Waals surface area contributed by atoms with E-state index in [1.54, 1.807) is 24.3 Å². The molecule has 0 spiro atoms. The Hall–Kier alpha value is -2.04. The van der Waals surface area contributed by atoms with Crippen LogP contribution in [-0.2, 0) is 6.61 Å². The van der Waals surface area contributed by atoms with Crippen molar-refractivity contribution in [3.63, 3.8) is 0 Å². The van der Waals surface area contributed by atoms with Crippen LogP contribution in [0.5, 0.6) is 5.75 Å². The fourth-order valence-corrected chi connectivity index (χ4v) is 1.48. The molecule has 2 rings (SSSR count). The topological polar surface area (TPSA) is 49.7 Å². The number of allylic oxidation sites excluding steroid dienone is 2. The molecule has 0 unspecified atom stereocenters. The van der Waals surface area contributed by atoms with Gasteiger partial charge in [-0.3, -0.25) is 0 Å². The van der Waals surface area contributed by atoms with Crippen molar-refractivity contribution >= 4 is 12.6 Å². The van der Waals surface area contributed by atoms with E-state index in [-0.39, 0.29) is 0 Å². The highest BCUT2D eigenvalue weighted by Gasteiger charge is 2.09. The van der Waals surface area contributed by atoms with Crippen LogP contribution in [0.4, 0.5) is 0 Å². The van der Waals surface area contributed by atoms with Gasteiger partial charge in [0, 0.05) is 0 Å². The van der Waals surface area contributed by atoms with E-state index < -0.39 is 7.12 Å². The standard InChI is InChI=1S/C13H13BO3.C4H8/c15-14(16)12-6-8-13(9-7-12)17-10-11-4-2-1-3-5-11;1-3-4-2/h1-9,15-16H,10H2;3-4H,1-2H3/b;4-3-. The van der Waals surface area contributed by atoms with Gasteiger partial charge in [-0.2, -0.15) is 0 Å². The van der Waals surface area contributed by atoms with Gasteiger partial charge < -0.3 is 14.8 Å². The lowest BCUT2D eigenvalue weighted by Gasteiger charge is -2.07. The molecule has 2 aromatic carbocycles. The molecule has 0 atom stereocenters. The largest absolute Gasteiger partial charge is 0.489 e. The van der Waals surface area contributed by atoms with Gasteiger partial charge in [0.25, 0.3) is 0 Å². The first-order valence-electron chi connectivity index (χ1n) is 6.87. The van der Waals surface area contributed by atoms with E-state index in [1.165, 1.54) is 0 Å². The summed E-state index contributed by atoms with van der Waals surface area (Å²) in [5.41, 5.74) is 1.55. The van der Waals surface area contributed by atoms with E-state index in [4.69, 9.17) is 14.8 Å². The molecule has 0 aliphatic heterocycles. The van der Waals surface area contributed by atoms with Crippen LogP contribution in [0.15, 0.2) is 66.7 Å². The molecule has 0 radical (unpaired) electrons. The minimum atomic E-state index is -1.43. The van der Waals surface area contributed by atoms with Gasteiger partial charge in [0.05, 0.1) is 0 Å². The van der Waals surface area contributed by atoms with E-state index in [9.17, 15) is 0 Å². The van der Waals surface area contributed by atoms with Gasteiger partial charge in [0.1, 0.15) is 12.4 Å². The predicted molar refractivity (Wildman–Crippen MR) is 87.5 cm³/mol. The third-order valence-corrected chi connectivity index (χ3v) is 2.76. The lowest BCUT2D eigenvalue weighted by molar-refractivity contribution is 0.306. The van der Waals surface area contributed by atoms with Crippen molar-refractivity contribution in [2.75, 3.05) is 0 Å². The maximum atomic E-state index is 8.94. The highest BCUT2D eigenvalue weighted by molar-refractivity contribution is 6.58. The van der Waals surface area contributed by atoms with Gasteiger partial charge >= 0.3 is 7.12 Å². The van der Waals surface area contributed by atoms with Gasteiger partial charge in [-0.05, 0) is 37.0 Å². The van der Waals surface area contributed by atoms with E-state index in [0.29, 0.717) is 17.8 Å². The van der Waals surface area contributed by atoms with Crippen LogP contribution >= 0.6 is 0 Å². The zero-order valence-corrected chi connectivity index (χ0v) is 12.4. The monoisotopic (exact) mass is 284 g/mol. The SMILES string of the molecule is C/C=C\C.OB(O)c1ccc(OCc2ccccc2)cc1. The lowest BCUT2D eigenvalue weighted by atomic mass is 9.80. The number of benzene rings is 2. The van der Waals surface area contributed by atoms with Gasteiger partial charge in [-0.1, -0.05) is 54.6 Å². The summed E-state index contributed by atoms with van der Waals surface area (Å²) in [5.74, 6) is 0.707. The zero-order valence-electron chi connectivity index (χ0n) is 12.4. The maximum Gasteiger partial charge on any atom is 0.488 e. The molecule has 2 aromatic rings. The molecule has 0 aliphatic rings. The first-order valence-corrected chi connectivity index (χ1v) is 6.87. The average Bonchev–Trinajstić information content (AvgIpc) is 2.54. The summed E-state index contributed by atoms with van der Waals surface area (Å²) in [6.07, 6.45) is 4.00. The summed E-state index contributed by atoms with van der Waals surface area (Å²) in [7, 11) is -1.43. The van der Waals surface area contributed by atoms with Crippen molar-refractivity contribution in [3.05, 3.63) is 72.3 Å². The van der Waals surface area contributed by atoms with Crippen LogP contribution in [0.25, 0.3) is 0 Å². The Kier molecular flexibility index (Phi) is 7.94. The van der Waals surface area contributed by atoms with Gasteiger partial charge in [-0.25, -0.2) is 0 Å². The summed E-state index contributed by atoms with van der Waals surface area (Å²) < 4.78 is 5.56. The molecule has 0 aliphatic carbocycles. The molecule has 0 amide bonds. The molecule has 0 saturated heterocycles. The van der Waals surface area contributed by atoms with E-state index in [1.807, 2.05) is 56.3 Å². The van der Waals surface area contributed by atoms with E-state index in [2.05, 4.69) is 0 Å². The van der Waals surface area contributed by atoms with Crippen molar-refractivity contribution in [2.45, 2.75) is 20.5 Å². The second kappa shape index (κ2) is 9.80. The Morgan fingerprint density at radius 3 is 1.95 bits per heavy atom. The Labute approximate surface area is 126 Å². The molecule has 0 bridgehead atoms. The molecule has 4 heteroatoms. The minimum Gasteiger partial charge on any atom is -0.489 e. The normalized spacial score (nSPS) is 9.90. The average molecular weight is 284 g/mol. The van der Waals surface area contributed by atoms with E-state index >= 15 is 0 Å². The van der Waals surface area contributed by atoms with E-state index in [0.717, 1.165) is 5.56 Å². The molecule has 3 nitrogen and oxygen atoms in total. The number of ether oxygens (including phenoxy) is 1. The fourth-order valence-electron chi connectivity index (χ4n) is 1.48. The first-order chi connectivity index (χ1) is 10.2. The quantitative estimate of drug-likeness (QED) is 0.670. The Morgan fingerprint density at radius 1 is 0.905 bits per heavy atom. The second-order valence-electron chi connectivity index (χ2n) is 4.38. The Morgan fingerprint density at radius 2 is 1.48 bits per heavy atom. The smallest absolute Gasteiger partial charge is 0.488 e. The first kappa shape index (κ1) is 17.0. The van der Waals surface area contributed by atoms with Crippen LogP contribution in [0.2, 0.25) is 0 Å². The van der Waals surface area contributed by atoms with Crippen LogP contribution in [0.3, 0.4) is 0 Å².